The number of rotatable bonds is 4. The van der Waals surface area contributed by atoms with Gasteiger partial charge in [-0.1, -0.05) is 19.1 Å². The van der Waals surface area contributed by atoms with Gasteiger partial charge in [0.15, 0.2) is 4.60 Å². The molecule has 1 heterocycles. The van der Waals surface area contributed by atoms with Gasteiger partial charge in [-0.15, -0.1) is 5.10 Å². The summed E-state index contributed by atoms with van der Waals surface area (Å²) in [5.41, 5.74) is 6.03. The largest absolute Gasteiger partial charge is 0.330 e. The molecule has 0 aliphatic heterocycles. The number of hydrogen-bond donors (Lipinski definition) is 1. The van der Waals surface area contributed by atoms with E-state index in [4.69, 9.17) is 5.73 Å². The summed E-state index contributed by atoms with van der Waals surface area (Å²) in [5, 5.41) is 7.51. The fourth-order valence-electron chi connectivity index (χ4n) is 1.56. The summed E-state index contributed by atoms with van der Waals surface area (Å²) in [6.45, 7) is 4.24. The standard InChI is InChI=1S/C9H16BrFN4/c1-5(2)6(4-12)7(11)8-9(10)13-14-15(8)3/h5-7H,4,12H2,1-3H3. The van der Waals surface area contributed by atoms with Crippen molar-refractivity contribution in [3.05, 3.63) is 10.3 Å². The van der Waals surface area contributed by atoms with E-state index in [1.54, 1.807) is 7.05 Å². The average Bonchev–Trinajstić information content (AvgIpc) is 2.46. The third-order valence-electron chi connectivity index (χ3n) is 2.59. The van der Waals surface area contributed by atoms with E-state index in [0.717, 1.165) is 0 Å². The lowest BCUT2D eigenvalue weighted by Gasteiger charge is -2.22. The van der Waals surface area contributed by atoms with Gasteiger partial charge in [-0.05, 0) is 28.4 Å². The van der Waals surface area contributed by atoms with Crippen molar-refractivity contribution in [2.45, 2.75) is 20.0 Å². The van der Waals surface area contributed by atoms with Crippen LogP contribution in [0.5, 0.6) is 0 Å². The van der Waals surface area contributed by atoms with Crippen LogP contribution in [0, 0.1) is 11.8 Å². The predicted molar refractivity (Wildman–Crippen MR) is 59.9 cm³/mol. The highest BCUT2D eigenvalue weighted by atomic mass is 79.9. The van der Waals surface area contributed by atoms with Crippen molar-refractivity contribution in [1.29, 1.82) is 0 Å². The second-order valence-corrected chi connectivity index (χ2v) is 4.69. The lowest BCUT2D eigenvalue weighted by molar-refractivity contribution is 0.178. The molecule has 1 rings (SSSR count). The maximum absolute atomic E-state index is 14.2. The molecule has 2 N–H and O–H groups in total. The highest BCUT2D eigenvalue weighted by Gasteiger charge is 2.29. The molecule has 2 unspecified atom stereocenters. The second kappa shape index (κ2) is 5.03. The van der Waals surface area contributed by atoms with Gasteiger partial charge in [0.1, 0.15) is 11.9 Å². The van der Waals surface area contributed by atoms with Gasteiger partial charge in [0.05, 0.1) is 0 Å². The van der Waals surface area contributed by atoms with E-state index < -0.39 is 6.17 Å². The van der Waals surface area contributed by atoms with Crippen molar-refractivity contribution in [1.82, 2.24) is 15.0 Å². The topological polar surface area (TPSA) is 56.7 Å². The molecule has 0 saturated heterocycles. The van der Waals surface area contributed by atoms with Crippen LogP contribution in [0.25, 0.3) is 0 Å². The molecule has 86 valence electrons. The van der Waals surface area contributed by atoms with E-state index in [2.05, 4.69) is 26.2 Å². The van der Waals surface area contributed by atoms with Crippen LogP contribution in [0.4, 0.5) is 4.39 Å². The maximum Gasteiger partial charge on any atom is 0.154 e. The Bertz CT molecular complexity index is 306. The molecule has 1 aromatic heterocycles. The van der Waals surface area contributed by atoms with Crippen LogP contribution >= 0.6 is 15.9 Å². The molecule has 4 nitrogen and oxygen atoms in total. The molecule has 0 aliphatic carbocycles. The van der Waals surface area contributed by atoms with E-state index in [1.807, 2.05) is 13.8 Å². The van der Waals surface area contributed by atoms with Crippen LogP contribution in [0.1, 0.15) is 25.7 Å². The van der Waals surface area contributed by atoms with Crippen molar-refractivity contribution in [3.63, 3.8) is 0 Å². The van der Waals surface area contributed by atoms with Gasteiger partial charge in [-0.3, -0.25) is 0 Å². The van der Waals surface area contributed by atoms with Crippen molar-refractivity contribution in [3.8, 4) is 0 Å². The molecular formula is C9H16BrFN4. The Morgan fingerprint density at radius 2 is 2.13 bits per heavy atom. The normalized spacial score (nSPS) is 15.7. The number of hydrogen-bond acceptors (Lipinski definition) is 3. The number of nitrogens with two attached hydrogens (primary N) is 1. The van der Waals surface area contributed by atoms with Gasteiger partial charge in [-0.2, -0.15) is 0 Å². The van der Waals surface area contributed by atoms with E-state index in [0.29, 0.717) is 16.8 Å². The molecule has 0 bridgehead atoms. The predicted octanol–water partition coefficient (Wildman–Crippen LogP) is 1.82. The Hall–Kier alpha value is -0.490. The zero-order chi connectivity index (χ0) is 11.6. The molecule has 0 aliphatic rings. The zero-order valence-electron chi connectivity index (χ0n) is 9.11. The Balaban J connectivity index is 2.97. The van der Waals surface area contributed by atoms with Gasteiger partial charge in [0.25, 0.3) is 0 Å². The number of aryl methyl sites for hydroxylation is 1. The molecule has 1 aromatic rings. The lowest BCUT2D eigenvalue weighted by atomic mass is 9.90. The highest BCUT2D eigenvalue weighted by Crippen LogP contribution is 2.33. The van der Waals surface area contributed by atoms with Crippen LogP contribution in [0.2, 0.25) is 0 Å². The monoisotopic (exact) mass is 278 g/mol. The Kier molecular flexibility index (Phi) is 4.21. The zero-order valence-corrected chi connectivity index (χ0v) is 10.7. The van der Waals surface area contributed by atoms with Crippen molar-refractivity contribution in [2.24, 2.45) is 24.6 Å². The molecule has 0 spiro atoms. The second-order valence-electron chi connectivity index (χ2n) is 3.93. The molecule has 0 aromatic carbocycles. The first-order chi connectivity index (χ1) is 6.99. The number of halogens is 2. The summed E-state index contributed by atoms with van der Waals surface area (Å²) in [6.07, 6.45) is -1.13. The quantitative estimate of drug-likeness (QED) is 0.914. The summed E-state index contributed by atoms with van der Waals surface area (Å²) < 4.78 is 16.1. The summed E-state index contributed by atoms with van der Waals surface area (Å²) in [5.74, 6) is -0.0229. The van der Waals surface area contributed by atoms with Crippen molar-refractivity contribution >= 4 is 15.9 Å². The smallest absolute Gasteiger partial charge is 0.154 e. The van der Waals surface area contributed by atoms with Gasteiger partial charge in [0.2, 0.25) is 0 Å². The summed E-state index contributed by atoms with van der Waals surface area (Å²) in [4.78, 5) is 0. The number of alkyl halides is 1. The summed E-state index contributed by atoms with van der Waals surface area (Å²) in [7, 11) is 1.67. The van der Waals surface area contributed by atoms with Crippen LogP contribution in [-0.2, 0) is 7.05 Å². The SMILES string of the molecule is CC(C)C(CN)C(F)c1c(Br)nnn1C. The molecule has 0 amide bonds. The third-order valence-corrected chi connectivity index (χ3v) is 3.16. The molecule has 15 heavy (non-hydrogen) atoms. The minimum atomic E-state index is -1.13. The van der Waals surface area contributed by atoms with Crippen LogP contribution in [-0.4, -0.2) is 21.5 Å². The van der Waals surface area contributed by atoms with Gasteiger partial charge in [0, 0.05) is 13.0 Å². The molecule has 6 heteroatoms. The van der Waals surface area contributed by atoms with E-state index in [1.165, 1.54) is 4.68 Å². The van der Waals surface area contributed by atoms with E-state index in [9.17, 15) is 4.39 Å². The molecule has 0 radical (unpaired) electrons. The first-order valence-electron chi connectivity index (χ1n) is 4.88. The average molecular weight is 279 g/mol. The first-order valence-corrected chi connectivity index (χ1v) is 5.67. The summed E-state index contributed by atoms with van der Waals surface area (Å²) in [6, 6.07) is 0. The first kappa shape index (κ1) is 12.6. The molecular weight excluding hydrogens is 263 g/mol. The van der Waals surface area contributed by atoms with Crippen molar-refractivity contribution in [2.75, 3.05) is 6.54 Å². The minimum absolute atomic E-state index is 0.187. The van der Waals surface area contributed by atoms with Crippen molar-refractivity contribution < 1.29 is 4.39 Å². The number of nitrogens with zero attached hydrogens (tertiary/aromatic N) is 3. The fourth-order valence-corrected chi connectivity index (χ4v) is 2.11. The third kappa shape index (κ3) is 2.55. The van der Waals surface area contributed by atoms with Gasteiger partial charge in [-0.25, -0.2) is 9.07 Å². The van der Waals surface area contributed by atoms with Gasteiger partial charge < -0.3 is 5.73 Å². The van der Waals surface area contributed by atoms with E-state index in [-0.39, 0.29) is 11.8 Å². The Morgan fingerprint density at radius 1 is 1.53 bits per heavy atom. The Labute approximate surface area is 97.2 Å². The summed E-state index contributed by atoms with van der Waals surface area (Å²) >= 11 is 3.19. The maximum atomic E-state index is 14.2. The Morgan fingerprint density at radius 3 is 2.47 bits per heavy atom. The highest BCUT2D eigenvalue weighted by molar-refractivity contribution is 9.10. The minimum Gasteiger partial charge on any atom is -0.330 e. The molecule has 0 fully saturated rings. The van der Waals surface area contributed by atoms with Gasteiger partial charge >= 0.3 is 0 Å². The number of aromatic nitrogens is 3. The van der Waals surface area contributed by atoms with Crippen LogP contribution in [0.3, 0.4) is 0 Å². The van der Waals surface area contributed by atoms with Crippen LogP contribution < -0.4 is 5.73 Å². The molecule has 2 atom stereocenters. The molecule has 0 saturated carbocycles. The fraction of sp³-hybridized carbons (Fsp3) is 0.778. The van der Waals surface area contributed by atoms with E-state index >= 15 is 0 Å². The van der Waals surface area contributed by atoms with Crippen LogP contribution in [0.15, 0.2) is 4.60 Å². The lowest BCUT2D eigenvalue weighted by Crippen LogP contribution is -2.26.